The second-order valence-corrected chi connectivity index (χ2v) is 0.236. The maximum atomic E-state index is 4.62. The fourth-order valence-electron chi connectivity index (χ4n) is 0. The van der Waals surface area contributed by atoms with E-state index in [-0.39, 0.29) is 65.8 Å². The van der Waals surface area contributed by atoms with Gasteiger partial charge in [-0.15, -0.1) is 0 Å². The van der Waals surface area contributed by atoms with Crippen LogP contribution in [0.25, 0.3) is 0 Å². The molecule has 0 aromatic carbocycles. The van der Waals surface area contributed by atoms with Gasteiger partial charge in [-0.25, -0.2) is 0 Å². The van der Waals surface area contributed by atoms with Crippen LogP contribution >= 0.6 is 0 Å². The van der Waals surface area contributed by atoms with Crippen molar-refractivity contribution in [2.45, 2.75) is 0 Å². The van der Waals surface area contributed by atoms with E-state index in [0.717, 1.165) is 0 Å². The van der Waals surface area contributed by atoms with Crippen LogP contribution in [-0.2, 0) is 0 Å². The molecule has 0 unspecified atom stereocenters. The quantitative estimate of drug-likeness (QED) is 0.259. The molecular weight excluding hydrogens is 86.0 g/mol. The second-order valence-electron chi connectivity index (χ2n) is 0.236. The normalized spacial score (nSPS) is 3.60. The second kappa shape index (κ2) is 16.8. The van der Waals surface area contributed by atoms with Gasteiger partial charge in [0.2, 0.25) is 0 Å². The molecule has 0 spiro atoms. The molecule has 0 aromatic rings. The summed E-state index contributed by atoms with van der Waals surface area (Å²) in [6.45, 7) is 0.250. The molecule has 0 saturated carbocycles. The van der Waals surface area contributed by atoms with Crippen LogP contribution in [0.2, 0.25) is 0 Å². The monoisotopic (exact) mass is 94.0 g/mol. The van der Waals surface area contributed by atoms with Gasteiger partial charge in [-0.2, -0.15) is 0 Å². The molecule has 4 heteroatoms. The van der Waals surface area contributed by atoms with Crippen molar-refractivity contribution in [3.05, 3.63) is 0 Å². The summed E-state index contributed by atoms with van der Waals surface area (Å²) in [7, 11) is 0. The topological polar surface area (TPSA) is 52.0 Å². The zero-order valence-electron chi connectivity index (χ0n) is 1.86. The van der Waals surface area contributed by atoms with E-state index in [1.165, 1.54) is 0 Å². The van der Waals surface area contributed by atoms with E-state index >= 15 is 0 Å². The van der Waals surface area contributed by atoms with E-state index in [9.17, 15) is 0 Å². The standard InChI is InChI=1S/CH6N2.2Na.2H/c2-1-3;;;;/h1-3H2;;;;. The van der Waals surface area contributed by atoms with Crippen molar-refractivity contribution < 1.29 is 0 Å². The summed E-state index contributed by atoms with van der Waals surface area (Å²) in [5, 5.41) is 0. The number of hydrogen-bond acceptors (Lipinski definition) is 2. The van der Waals surface area contributed by atoms with Crippen LogP contribution in [0.15, 0.2) is 0 Å². The van der Waals surface area contributed by atoms with E-state index in [1.54, 1.807) is 0 Å². The molecule has 0 radical (unpaired) electrons. The Morgan fingerprint density at radius 1 is 1.00 bits per heavy atom. The van der Waals surface area contributed by atoms with Gasteiger partial charge in [-0.05, 0) is 0 Å². The predicted octanol–water partition coefficient (Wildman–Crippen LogP) is -2.44. The summed E-state index contributed by atoms with van der Waals surface area (Å²) in [6, 6.07) is 0. The average molecular weight is 94.1 g/mol. The third-order valence-corrected chi connectivity index (χ3v) is 0. The Morgan fingerprint density at radius 2 is 1.00 bits per heavy atom. The maximum absolute atomic E-state index is 4.62. The van der Waals surface area contributed by atoms with Crippen molar-refractivity contribution in [1.82, 2.24) is 0 Å². The van der Waals surface area contributed by atoms with Gasteiger partial charge in [0, 0.05) is 6.67 Å². The van der Waals surface area contributed by atoms with Crippen LogP contribution in [0.1, 0.15) is 0 Å². The van der Waals surface area contributed by atoms with Crippen molar-refractivity contribution >= 4 is 59.1 Å². The van der Waals surface area contributed by atoms with E-state index in [0.29, 0.717) is 0 Å². The van der Waals surface area contributed by atoms with Gasteiger partial charge < -0.3 is 11.5 Å². The van der Waals surface area contributed by atoms with Crippen molar-refractivity contribution in [2.24, 2.45) is 11.5 Å². The summed E-state index contributed by atoms with van der Waals surface area (Å²) in [5.41, 5.74) is 9.25. The summed E-state index contributed by atoms with van der Waals surface area (Å²) in [5.74, 6) is 0. The molecular formula is CH8N2Na2. The molecule has 24 valence electrons. The Morgan fingerprint density at radius 3 is 1.00 bits per heavy atom. The summed E-state index contributed by atoms with van der Waals surface area (Å²) in [4.78, 5) is 0. The Bertz CT molecular complexity index is 7.61. The molecule has 0 fully saturated rings. The molecule has 0 aliphatic rings. The molecule has 0 aliphatic heterocycles. The van der Waals surface area contributed by atoms with Crippen molar-refractivity contribution in [3.8, 4) is 0 Å². The third-order valence-electron chi connectivity index (χ3n) is 0. The Balaban J connectivity index is -0.0000000200. The molecule has 0 atom stereocenters. The molecule has 0 amide bonds. The Hall–Kier alpha value is 1.92. The fourth-order valence-corrected chi connectivity index (χ4v) is 0. The van der Waals surface area contributed by atoms with Gasteiger partial charge >= 0.3 is 59.1 Å². The van der Waals surface area contributed by atoms with Crippen molar-refractivity contribution in [1.29, 1.82) is 0 Å². The molecule has 2 nitrogen and oxygen atoms in total. The zero-order chi connectivity index (χ0) is 2.71. The van der Waals surface area contributed by atoms with E-state index < -0.39 is 0 Å². The van der Waals surface area contributed by atoms with Gasteiger partial charge in [0.05, 0.1) is 0 Å². The molecule has 0 aliphatic carbocycles. The van der Waals surface area contributed by atoms with Crippen molar-refractivity contribution in [3.63, 3.8) is 0 Å². The molecule has 5 heavy (non-hydrogen) atoms. The number of rotatable bonds is 0. The van der Waals surface area contributed by atoms with Gasteiger partial charge in [0.15, 0.2) is 0 Å². The van der Waals surface area contributed by atoms with E-state index in [2.05, 4.69) is 11.5 Å². The molecule has 0 saturated heterocycles. The zero-order valence-corrected chi connectivity index (χ0v) is 1.86. The predicted molar refractivity (Wildman–Crippen MR) is 27.5 cm³/mol. The summed E-state index contributed by atoms with van der Waals surface area (Å²) < 4.78 is 0. The third kappa shape index (κ3) is 24.7. The molecule has 0 heterocycles. The summed E-state index contributed by atoms with van der Waals surface area (Å²) in [6.07, 6.45) is 0. The molecule has 0 rings (SSSR count). The van der Waals surface area contributed by atoms with Gasteiger partial charge in [0.1, 0.15) is 0 Å². The first kappa shape index (κ1) is 15.8. The molecule has 0 aromatic heterocycles. The first-order valence-electron chi connectivity index (χ1n) is 0.816. The van der Waals surface area contributed by atoms with Gasteiger partial charge in [-0.3, -0.25) is 0 Å². The average Bonchev–Trinajstić information content (AvgIpc) is 0.918. The number of nitrogens with two attached hydrogens (primary N) is 2. The Kier molecular flexibility index (Phi) is 53.1. The van der Waals surface area contributed by atoms with E-state index in [4.69, 9.17) is 0 Å². The van der Waals surface area contributed by atoms with Crippen LogP contribution in [0, 0.1) is 0 Å². The SMILES string of the molecule is NCN.[NaH].[NaH]. The fraction of sp³-hybridized carbons (Fsp3) is 1.00. The van der Waals surface area contributed by atoms with E-state index in [1.807, 2.05) is 0 Å². The first-order chi connectivity index (χ1) is 1.41. The van der Waals surface area contributed by atoms with Crippen LogP contribution in [-0.4, -0.2) is 65.8 Å². The van der Waals surface area contributed by atoms with Gasteiger partial charge in [-0.1, -0.05) is 0 Å². The van der Waals surface area contributed by atoms with Crippen LogP contribution in [0.3, 0.4) is 0 Å². The number of hydrogen-bond donors (Lipinski definition) is 2. The summed E-state index contributed by atoms with van der Waals surface area (Å²) >= 11 is 0. The Labute approximate surface area is 76.2 Å². The van der Waals surface area contributed by atoms with Crippen LogP contribution in [0.5, 0.6) is 0 Å². The molecule has 0 bridgehead atoms. The van der Waals surface area contributed by atoms with Crippen LogP contribution < -0.4 is 11.5 Å². The van der Waals surface area contributed by atoms with Crippen LogP contribution in [0.4, 0.5) is 0 Å². The minimum atomic E-state index is 0. The first-order valence-corrected chi connectivity index (χ1v) is 0.816. The minimum absolute atomic E-state index is 0. The van der Waals surface area contributed by atoms with Gasteiger partial charge in [0.25, 0.3) is 0 Å². The molecule has 4 N–H and O–H groups in total. The van der Waals surface area contributed by atoms with Crippen molar-refractivity contribution in [2.75, 3.05) is 6.67 Å².